The van der Waals surface area contributed by atoms with E-state index in [2.05, 4.69) is 20.5 Å². The molecule has 58 valence electrons. The predicted octanol–water partition coefficient (Wildman–Crippen LogP) is 2.61. The smallest absolute Gasteiger partial charge is 0.161 e. The van der Waals surface area contributed by atoms with E-state index in [0.717, 1.165) is 5.69 Å². The molecule has 0 spiro atoms. The van der Waals surface area contributed by atoms with Crippen molar-refractivity contribution in [3.05, 3.63) is 29.8 Å². The van der Waals surface area contributed by atoms with Gasteiger partial charge in [0.25, 0.3) is 0 Å². The normalized spacial score (nSPS) is 9.27. The Morgan fingerprint density at radius 2 is 2.09 bits per heavy atom. The summed E-state index contributed by atoms with van der Waals surface area (Å²) < 4.78 is 2.77. The Balaban J connectivity index is 3.12. The average Bonchev–Trinajstić information content (AvgIpc) is 2.04. The van der Waals surface area contributed by atoms with Crippen LogP contribution in [0.3, 0.4) is 0 Å². The Kier molecular flexibility index (Phi) is 2.65. The van der Waals surface area contributed by atoms with Crippen molar-refractivity contribution in [1.82, 2.24) is 0 Å². The monoisotopic (exact) mass is 213 g/mol. The zero-order valence-corrected chi connectivity index (χ0v) is 7.68. The van der Waals surface area contributed by atoms with Crippen LogP contribution in [-0.2, 0) is 0 Å². The van der Waals surface area contributed by atoms with Crippen LogP contribution in [-0.4, -0.2) is 5.78 Å². The number of carbonyl (C=O) groups is 1. The number of Topliss-reactive ketones (excluding diaryl/α,β-unsaturated/α-hetero) is 1. The molecule has 1 aromatic carbocycles. The number of rotatable bonds is 2. The molecular formula is C8H8BrNO. The number of carbonyl (C=O) groups excluding carboxylic acids is 1. The number of hydrogen-bond donors (Lipinski definition) is 1. The minimum absolute atomic E-state index is 0.0625. The first-order chi connectivity index (χ1) is 5.25. The number of nitrogens with one attached hydrogen (secondary N) is 1. The van der Waals surface area contributed by atoms with Crippen molar-refractivity contribution in [2.45, 2.75) is 6.92 Å². The zero-order chi connectivity index (χ0) is 8.27. The van der Waals surface area contributed by atoms with E-state index in [4.69, 9.17) is 0 Å². The molecule has 0 amide bonds. The summed E-state index contributed by atoms with van der Waals surface area (Å²) in [4.78, 5) is 11.0. The topological polar surface area (TPSA) is 29.1 Å². The van der Waals surface area contributed by atoms with Crippen LogP contribution < -0.4 is 4.34 Å². The van der Waals surface area contributed by atoms with Gasteiger partial charge in [0.2, 0.25) is 0 Å². The van der Waals surface area contributed by atoms with Gasteiger partial charge in [0.1, 0.15) is 0 Å². The van der Waals surface area contributed by atoms with Gasteiger partial charge in [-0.3, -0.25) is 4.79 Å². The molecule has 3 heteroatoms. The minimum Gasteiger partial charge on any atom is -0.322 e. The molecule has 0 aromatic heterocycles. The van der Waals surface area contributed by atoms with E-state index >= 15 is 0 Å². The number of anilines is 1. The van der Waals surface area contributed by atoms with Gasteiger partial charge in [-0.25, -0.2) is 0 Å². The van der Waals surface area contributed by atoms with Gasteiger partial charge in [-0.15, -0.1) is 0 Å². The molecule has 0 bridgehead atoms. The lowest BCUT2D eigenvalue weighted by Gasteiger charge is -2.02. The Bertz CT molecular complexity index is 273. The van der Waals surface area contributed by atoms with Crippen LogP contribution >= 0.6 is 16.1 Å². The standard InChI is InChI=1S/C8H8BrNO/c1-6(11)7-4-2-3-5-8(7)10-9/h2-5,10H,1H3. The van der Waals surface area contributed by atoms with Gasteiger partial charge < -0.3 is 4.34 Å². The highest BCUT2D eigenvalue weighted by Gasteiger charge is 2.03. The van der Waals surface area contributed by atoms with Gasteiger partial charge in [-0.1, -0.05) is 12.1 Å². The lowest BCUT2D eigenvalue weighted by atomic mass is 10.1. The second-order valence-corrected chi connectivity index (χ2v) is 2.59. The lowest BCUT2D eigenvalue weighted by molar-refractivity contribution is 0.101. The summed E-state index contributed by atoms with van der Waals surface area (Å²) in [5.74, 6) is 0.0625. The van der Waals surface area contributed by atoms with Crippen LogP contribution in [0.5, 0.6) is 0 Å². The highest BCUT2D eigenvalue weighted by Crippen LogP contribution is 2.16. The van der Waals surface area contributed by atoms with E-state index in [0.29, 0.717) is 5.56 Å². The van der Waals surface area contributed by atoms with Crippen molar-refractivity contribution in [3.63, 3.8) is 0 Å². The van der Waals surface area contributed by atoms with Crippen LogP contribution in [0.4, 0.5) is 5.69 Å². The van der Waals surface area contributed by atoms with Crippen molar-refractivity contribution in [2.75, 3.05) is 4.34 Å². The number of para-hydroxylation sites is 1. The Labute approximate surface area is 74.0 Å². The summed E-state index contributed by atoms with van der Waals surface area (Å²) in [5.41, 5.74) is 1.50. The Hall–Kier alpha value is -0.830. The van der Waals surface area contributed by atoms with Gasteiger partial charge in [0.15, 0.2) is 5.78 Å². The van der Waals surface area contributed by atoms with E-state index in [1.165, 1.54) is 0 Å². The number of benzene rings is 1. The maximum atomic E-state index is 11.0. The minimum atomic E-state index is 0.0625. The molecular weight excluding hydrogens is 206 g/mol. The Morgan fingerprint density at radius 3 is 2.55 bits per heavy atom. The molecule has 1 N–H and O–H groups in total. The van der Waals surface area contributed by atoms with Crippen LogP contribution in [0.1, 0.15) is 17.3 Å². The van der Waals surface area contributed by atoms with E-state index in [1.54, 1.807) is 13.0 Å². The highest BCUT2D eigenvalue weighted by molar-refractivity contribution is 9.10. The van der Waals surface area contributed by atoms with Gasteiger partial charge in [-0.2, -0.15) is 0 Å². The molecule has 11 heavy (non-hydrogen) atoms. The molecule has 2 nitrogen and oxygen atoms in total. The van der Waals surface area contributed by atoms with Gasteiger partial charge in [0, 0.05) is 21.7 Å². The molecule has 0 aliphatic heterocycles. The van der Waals surface area contributed by atoms with E-state index in [9.17, 15) is 4.79 Å². The Morgan fingerprint density at radius 1 is 1.45 bits per heavy atom. The van der Waals surface area contributed by atoms with Crippen molar-refractivity contribution >= 4 is 27.6 Å². The summed E-state index contributed by atoms with van der Waals surface area (Å²) in [6.45, 7) is 1.54. The largest absolute Gasteiger partial charge is 0.322 e. The molecule has 0 heterocycles. The number of ketones is 1. The fraction of sp³-hybridized carbons (Fsp3) is 0.125. The van der Waals surface area contributed by atoms with E-state index in [1.807, 2.05) is 18.2 Å². The molecule has 0 saturated heterocycles. The molecule has 0 aliphatic carbocycles. The molecule has 0 atom stereocenters. The third-order valence-electron chi connectivity index (χ3n) is 1.41. The highest BCUT2D eigenvalue weighted by atomic mass is 79.9. The van der Waals surface area contributed by atoms with Crippen LogP contribution in [0.25, 0.3) is 0 Å². The molecule has 0 fully saturated rings. The number of hydrogen-bond acceptors (Lipinski definition) is 2. The molecule has 1 aromatic rings. The average molecular weight is 214 g/mol. The van der Waals surface area contributed by atoms with E-state index in [-0.39, 0.29) is 5.78 Å². The molecule has 0 radical (unpaired) electrons. The summed E-state index contributed by atoms with van der Waals surface area (Å²) in [6, 6.07) is 7.33. The van der Waals surface area contributed by atoms with E-state index < -0.39 is 0 Å². The third-order valence-corrected chi connectivity index (χ3v) is 1.84. The molecule has 1 rings (SSSR count). The van der Waals surface area contributed by atoms with Gasteiger partial charge in [0.05, 0.1) is 5.69 Å². The first-order valence-corrected chi connectivity index (χ1v) is 4.01. The third kappa shape index (κ3) is 1.80. The van der Waals surface area contributed by atoms with Gasteiger partial charge >= 0.3 is 0 Å². The quantitative estimate of drug-likeness (QED) is 0.605. The maximum Gasteiger partial charge on any atom is 0.161 e. The fourth-order valence-corrected chi connectivity index (χ4v) is 1.22. The van der Waals surface area contributed by atoms with Gasteiger partial charge in [-0.05, 0) is 19.1 Å². The second-order valence-electron chi connectivity index (χ2n) is 2.20. The maximum absolute atomic E-state index is 11.0. The van der Waals surface area contributed by atoms with Crippen molar-refractivity contribution in [2.24, 2.45) is 0 Å². The first-order valence-electron chi connectivity index (χ1n) is 3.22. The zero-order valence-electron chi connectivity index (χ0n) is 6.10. The molecule has 0 aliphatic rings. The van der Waals surface area contributed by atoms with Crippen molar-refractivity contribution < 1.29 is 4.79 Å². The van der Waals surface area contributed by atoms with Crippen LogP contribution in [0.15, 0.2) is 24.3 Å². The molecule has 0 unspecified atom stereocenters. The van der Waals surface area contributed by atoms with Crippen LogP contribution in [0.2, 0.25) is 0 Å². The summed E-state index contributed by atoms with van der Waals surface area (Å²) in [6.07, 6.45) is 0. The second kappa shape index (κ2) is 3.53. The predicted molar refractivity (Wildman–Crippen MR) is 49.0 cm³/mol. The lowest BCUT2D eigenvalue weighted by Crippen LogP contribution is -1.95. The fourth-order valence-electron chi connectivity index (χ4n) is 0.873. The summed E-state index contributed by atoms with van der Waals surface area (Å²) >= 11 is 3.07. The SMILES string of the molecule is CC(=O)c1ccccc1NBr. The van der Waals surface area contributed by atoms with Crippen LogP contribution in [0, 0.1) is 0 Å². The van der Waals surface area contributed by atoms with Crippen molar-refractivity contribution in [1.29, 1.82) is 0 Å². The summed E-state index contributed by atoms with van der Waals surface area (Å²) in [5, 5.41) is 0. The molecule has 0 saturated carbocycles. The summed E-state index contributed by atoms with van der Waals surface area (Å²) in [7, 11) is 0. The first kappa shape index (κ1) is 8.27. The number of halogens is 1. The van der Waals surface area contributed by atoms with Crippen molar-refractivity contribution in [3.8, 4) is 0 Å².